The number of para-hydroxylation sites is 1. The summed E-state index contributed by atoms with van der Waals surface area (Å²) in [5.41, 5.74) is 9.55. The number of aromatic nitrogens is 3. The highest BCUT2D eigenvalue weighted by Gasteiger charge is 2.15. The highest BCUT2D eigenvalue weighted by molar-refractivity contribution is 5.98. The average molecular weight is 266 g/mol. The van der Waals surface area contributed by atoms with Crippen LogP contribution < -0.4 is 5.73 Å². The van der Waals surface area contributed by atoms with Gasteiger partial charge in [0, 0.05) is 6.20 Å². The molecule has 0 bridgehead atoms. The van der Waals surface area contributed by atoms with E-state index in [1.807, 2.05) is 29.7 Å². The van der Waals surface area contributed by atoms with Gasteiger partial charge in [0.05, 0.1) is 23.0 Å². The number of carbonyl (C=O) groups excluding carboxylic acids is 1. The molecule has 0 unspecified atom stereocenters. The molecule has 0 saturated heterocycles. The molecule has 0 fully saturated rings. The first-order valence-corrected chi connectivity index (χ1v) is 6.41. The number of hydrogen-bond donors (Lipinski definition) is 1. The van der Waals surface area contributed by atoms with Crippen LogP contribution >= 0.6 is 0 Å². The van der Waals surface area contributed by atoms with Crippen molar-refractivity contribution >= 4 is 16.9 Å². The van der Waals surface area contributed by atoms with Crippen molar-refractivity contribution in [2.24, 2.45) is 5.73 Å². The molecule has 2 heterocycles. The number of aryl methyl sites for hydroxylation is 1. The molecule has 20 heavy (non-hydrogen) atoms. The lowest BCUT2D eigenvalue weighted by Crippen LogP contribution is -2.15. The van der Waals surface area contributed by atoms with Gasteiger partial charge in [-0.2, -0.15) is 0 Å². The van der Waals surface area contributed by atoms with Crippen molar-refractivity contribution in [3.05, 3.63) is 54.1 Å². The van der Waals surface area contributed by atoms with Gasteiger partial charge in [0.1, 0.15) is 11.8 Å². The number of primary amides is 1. The number of fused-ring (bicyclic) bond motifs is 1. The highest BCUT2D eigenvalue weighted by Crippen LogP contribution is 2.24. The molecule has 0 atom stereocenters. The van der Waals surface area contributed by atoms with Gasteiger partial charge in [-0.25, -0.2) is 4.98 Å². The van der Waals surface area contributed by atoms with Gasteiger partial charge in [-0.15, -0.1) is 0 Å². The Labute approximate surface area is 116 Å². The molecule has 3 aromatic rings. The third-order valence-electron chi connectivity index (χ3n) is 3.36. The van der Waals surface area contributed by atoms with Crippen LogP contribution in [0.2, 0.25) is 0 Å². The molecule has 0 saturated carbocycles. The van der Waals surface area contributed by atoms with E-state index < -0.39 is 5.91 Å². The van der Waals surface area contributed by atoms with Gasteiger partial charge in [-0.1, -0.05) is 19.1 Å². The Morgan fingerprint density at radius 2 is 2.20 bits per heavy atom. The van der Waals surface area contributed by atoms with Crippen molar-refractivity contribution in [2.45, 2.75) is 13.3 Å². The number of carbonyl (C=O) groups is 1. The second-order valence-corrected chi connectivity index (χ2v) is 4.51. The Balaban J connectivity index is 2.36. The first kappa shape index (κ1) is 12.3. The molecule has 3 rings (SSSR count). The van der Waals surface area contributed by atoms with Crippen LogP contribution in [0.4, 0.5) is 0 Å². The quantitative estimate of drug-likeness (QED) is 0.788. The third kappa shape index (κ3) is 1.84. The van der Waals surface area contributed by atoms with Gasteiger partial charge in [0.25, 0.3) is 5.91 Å². The smallest absolute Gasteiger partial charge is 0.250 e. The predicted molar refractivity (Wildman–Crippen MR) is 76.8 cm³/mol. The Hall–Kier alpha value is -2.69. The lowest BCUT2D eigenvalue weighted by Gasteiger charge is -2.13. The molecule has 0 aliphatic rings. The van der Waals surface area contributed by atoms with E-state index in [9.17, 15) is 4.79 Å². The lowest BCUT2D eigenvalue weighted by molar-refractivity contribution is 0.1000. The summed E-state index contributed by atoms with van der Waals surface area (Å²) in [6, 6.07) is 7.46. The molecule has 0 spiro atoms. The normalized spacial score (nSPS) is 10.8. The average Bonchev–Trinajstić information content (AvgIpc) is 2.90. The summed E-state index contributed by atoms with van der Waals surface area (Å²) in [4.78, 5) is 20.1. The minimum atomic E-state index is -0.439. The Morgan fingerprint density at radius 1 is 1.35 bits per heavy atom. The third-order valence-corrected chi connectivity index (χ3v) is 3.36. The Morgan fingerprint density at radius 3 is 2.95 bits per heavy atom. The zero-order chi connectivity index (χ0) is 14.1. The number of benzene rings is 1. The molecule has 1 amide bonds. The van der Waals surface area contributed by atoms with Crippen LogP contribution in [0.5, 0.6) is 0 Å². The summed E-state index contributed by atoms with van der Waals surface area (Å²) >= 11 is 0. The van der Waals surface area contributed by atoms with Crippen molar-refractivity contribution in [3.8, 4) is 5.69 Å². The van der Waals surface area contributed by atoms with Crippen molar-refractivity contribution in [1.29, 1.82) is 0 Å². The lowest BCUT2D eigenvalue weighted by atomic mass is 10.0. The van der Waals surface area contributed by atoms with Crippen molar-refractivity contribution in [3.63, 3.8) is 0 Å². The zero-order valence-corrected chi connectivity index (χ0v) is 11.1. The highest BCUT2D eigenvalue weighted by atomic mass is 16.1. The molecule has 5 heteroatoms. The van der Waals surface area contributed by atoms with E-state index in [1.54, 1.807) is 24.8 Å². The molecule has 1 aromatic carbocycles. The summed E-state index contributed by atoms with van der Waals surface area (Å²) in [6.07, 6.45) is 5.91. The van der Waals surface area contributed by atoms with Crippen LogP contribution in [0.15, 0.2) is 43.0 Å². The van der Waals surface area contributed by atoms with E-state index in [0.717, 1.165) is 28.7 Å². The zero-order valence-electron chi connectivity index (χ0n) is 11.1. The number of pyridine rings is 1. The van der Waals surface area contributed by atoms with Crippen LogP contribution in [-0.2, 0) is 6.42 Å². The fourth-order valence-corrected chi connectivity index (χ4v) is 2.40. The first-order chi connectivity index (χ1) is 9.72. The topological polar surface area (TPSA) is 73.8 Å². The first-order valence-electron chi connectivity index (χ1n) is 6.41. The number of nitrogens with two attached hydrogens (primary N) is 1. The summed E-state index contributed by atoms with van der Waals surface area (Å²) in [5, 5.41) is 0. The number of rotatable bonds is 3. The number of hydrogen-bond acceptors (Lipinski definition) is 3. The molecule has 5 nitrogen and oxygen atoms in total. The number of nitrogens with zero attached hydrogens (tertiary/aromatic N) is 3. The van der Waals surface area contributed by atoms with E-state index in [0.29, 0.717) is 5.56 Å². The number of imidazole rings is 1. The summed E-state index contributed by atoms with van der Waals surface area (Å²) in [6.45, 7) is 2.05. The van der Waals surface area contributed by atoms with E-state index in [2.05, 4.69) is 9.97 Å². The number of amides is 1. The fourth-order valence-electron chi connectivity index (χ4n) is 2.40. The second kappa shape index (κ2) is 4.77. The van der Waals surface area contributed by atoms with Gasteiger partial charge in [-0.3, -0.25) is 14.3 Å². The van der Waals surface area contributed by atoms with Crippen LogP contribution in [0.1, 0.15) is 22.8 Å². The Bertz CT molecular complexity index is 791. The Kier molecular flexibility index (Phi) is 2.95. The summed E-state index contributed by atoms with van der Waals surface area (Å²) in [7, 11) is 0. The second-order valence-electron chi connectivity index (χ2n) is 4.51. The molecule has 2 aromatic heterocycles. The maximum atomic E-state index is 11.7. The van der Waals surface area contributed by atoms with Gasteiger partial charge in [0.2, 0.25) is 0 Å². The minimum Gasteiger partial charge on any atom is -0.366 e. The molecule has 100 valence electrons. The van der Waals surface area contributed by atoms with Gasteiger partial charge >= 0.3 is 0 Å². The monoisotopic (exact) mass is 266 g/mol. The molecule has 0 aliphatic heterocycles. The van der Waals surface area contributed by atoms with Gasteiger partial charge in [0.15, 0.2) is 0 Å². The van der Waals surface area contributed by atoms with Gasteiger partial charge < -0.3 is 5.73 Å². The fraction of sp³-hybridized carbons (Fsp3) is 0.133. The van der Waals surface area contributed by atoms with Crippen LogP contribution in [0.25, 0.3) is 16.7 Å². The van der Waals surface area contributed by atoms with Crippen molar-refractivity contribution in [2.75, 3.05) is 0 Å². The largest absolute Gasteiger partial charge is 0.366 e. The van der Waals surface area contributed by atoms with Crippen molar-refractivity contribution in [1.82, 2.24) is 14.5 Å². The standard InChI is InChI=1S/C15H14N4O/c1-2-10-4-3-5-11(15(16)20)14(10)19-9-18-12-8-17-7-6-13(12)19/h3-9H,2H2,1H3,(H2,16,20). The van der Waals surface area contributed by atoms with Crippen LogP contribution in [-0.4, -0.2) is 20.4 Å². The van der Waals surface area contributed by atoms with E-state index in [4.69, 9.17) is 5.73 Å². The van der Waals surface area contributed by atoms with Crippen molar-refractivity contribution < 1.29 is 4.79 Å². The molecule has 2 N–H and O–H groups in total. The molecule has 0 radical (unpaired) electrons. The predicted octanol–water partition coefficient (Wildman–Crippen LogP) is 2.08. The maximum Gasteiger partial charge on any atom is 0.250 e. The molecule has 0 aliphatic carbocycles. The van der Waals surface area contributed by atoms with Gasteiger partial charge in [-0.05, 0) is 24.1 Å². The molecular formula is C15H14N4O. The van der Waals surface area contributed by atoms with E-state index >= 15 is 0 Å². The van der Waals surface area contributed by atoms with Crippen LogP contribution in [0.3, 0.4) is 0 Å². The SMILES string of the molecule is CCc1cccc(C(N)=O)c1-n1cnc2cnccc21. The summed E-state index contributed by atoms with van der Waals surface area (Å²) in [5.74, 6) is -0.439. The minimum absolute atomic E-state index is 0.439. The molecular weight excluding hydrogens is 252 g/mol. The van der Waals surface area contributed by atoms with E-state index in [1.165, 1.54) is 0 Å². The van der Waals surface area contributed by atoms with Crippen LogP contribution in [0, 0.1) is 0 Å². The van der Waals surface area contributed by atoms with E-state index in [-0.39, 0.29) is 0 Å². The maximum absolute atomic E-state index is 11.7. The summed E-state index contributed by atoms with van der Waals surface area (Å²) < 4.78 is 1.90.